The summed E-state index contributed by atoms with van der Waals surface area (Å²) in [7, 11) is 0. The zero-order valence-electron chi connectivity index (χ0n) is 8.46. The van der Waals surface area contributed by atoms with E-state index in [9.17, 15) is 0 Å². The molecule has 1 heterocycles. The molecule has 68 valence electrons. The highest BCUT2D eigenvalue weighted by molar-refractivity contribution is 5.62. The van der Waals surface area contributed by atoms with E-state index in [1.165, 1.54) is 16.8 Å². The minimum Gasteiger partial charge on any atom is -0.260 e. The van der Waals surface area contributed by atoms with Gasteiger partial charge in [0.25, 0.3) is 0 Å². The van der Waals surface area contributed by atoms with E-state index in [1.807, 2.05) is 12.3 Å². The third kappa shape index (κ3) is 1.51. The van der Waals surface area contributed by atoms with Crippen LogP contribution in [0.2, 0.25) is 0 Å². The van der Waals surface area contributed by atoms with Gasteiger partial charge in [-0.1, -0.05) is 38.5 Å². The molecule has 1 heteroatoms. The van der Waals surface area contributed by atoms with Crippen LogP contribution < -0.4 is 0 Å². The van der Waals surface area contributed by atoms with Crippen molar-refractivity contribution in [3.05, 3.63) is 35.2 Å². The van der Waals surface area contributed by atoms with Gasteiger partial charge in [-0.25, -0.2) is 0 Å². The van der Waals surface area contributed by atoms with E-state index in [4.69, 9.17) is 0 Å². The van der Waals surface area contributed by atoms with Crippen molar-refractivity contribution in [2.45, 2.75) is 27.2 Å². The molecule has 1 aromatic rings. The summed E-state index contributed by atoms with van der Waals surface area (Å²) < 4.78 is 0. The Balaban J connectivity index is 2.37. The van der Waals surface area contributed by atoms with Gasteiger partial charge in [0.15, 0.2) is 0 Å². The maximum atomic E-state index is 4.37. The molecule has 0 saturated heterocycles. The SMILES string of the molecule is CC(C)(C)C1=Cc2cccnc2C1. The van der Waals surface area contributed by atoms with Gasteiger partial charge in [0, 0.05) is 12.6 Å². The van der Waals surface area contributed by atoms with Crippen molar-refractivity contribution >= 4 is 6.08 Å². The molecule has 0 aromatic carbocycles. The van der Waals surface area contributed by atoms with Crippen LogP contribution in [0, 0.1) is 5.41 Å². The highest BCUT2D eigenvalue weighted by Crippen LogP contribution is 2.34. The van der Waals surface area contributed by atoms with Crippen LogP contribution >= 0.6 is 0 Å². The van der Waals surface area contributed by atoms with Crippen molar-refractivity contribution in [3.63, 3.8) is 0 Å². The maximum Gasteiger partial charge on any atom is 0.0516 e. The quantitative estimate of drug-likeness (QED) is 0.587. The molecule has 1 aromatic heterocycles. The molecule has 1 aliphatic rings. The fraction of sp³-hybridized carbons (Fsp3) is 0.417. The fourth-order valence-electron chi connectivity index (χ4n) is 1.63. The molecule has 0 saturated carbocycles. The molecule has 1 nitrogen and oxygen atoms in total. The molecular weight excluding hydrogens is 158 g/mol. The van der Waals surface area contributed by atoms with Crippen LogP contribution in [-0.4, -0.2) is 4.98 Å². The Morgan fingerprint density at radius 1 is 1.31 bits per heavy atom. The van der Waals surface area contributed by atoms with Crippen LogP contribution in [-0.2, 0) is 6.42 Å². The molecular formula is C12H15N. The summed E-state index contributed by atoms with van der Waals surface area (Å²) in [4.78, 5) is 4.37. The molecule has 0 unspecified atom stereocenters. The fourth-order valence-corrected chi connectivity index (χ4v) is 1.63. The smallest absolute Gasteiger partial charge is 0.0516 e. The number of hydrogen-bond donors (Lipinski definition) is 0. The summed E-state index contributed by atoms with van der Waals surface area (Å²) >= 11 is 0. The zero-order chi connectivity index (χ0) is 9.47. The largest absolute Gasteiger partial charge is 0.260 e. The van der Waals surface area contributed by atoms with Crippen LogP contribution in [0.1, 0.15) is 32.0 Å². The zero-order valence-corrected chi connectivity index (χ0v) is 8.46. The lowest BCUT2D eigenvalue weighted by Gasteiger charge is -2.19. The number of allylic oxidation sites excluding steroid dienone is 1. The van der Waals surface area contributed by atoms with E-state index >= 15 is 0 Å². The van der Waals surface area contributed by atoms with Crippen LogP contribution in [0.4, 0.5) is 0 Å². The Kier molecular flexibility index (Phi) is 1.76. The van der Waals surface area contributed by atoms with Crippen molar-refractivity contribution in [1.82, 2.24) is 4.98 Å². The first kappa shape index (κ1) is 8.49. The first-order valence-corrected chi connectivity index (χ1v) is 4.72. The lowest BCUT2D eigenvalue weighted by atomic mass is 9.86. The predicted octanol–water partition coefficient (Wildman–Crippen LogP) is 3.07. The normalized spacial score (nSPS) is 15.5. The predicted molar refractivity (Wildman–Crippen MR) is 55.4 cm³/mol. The third-order valence-electron chi connectivity index (χ3n) is 2.58. The number of pyridine rings is 1. The monoisotopic (exact) mass is 173 g/mol. The third-order valence-corrected chi connectivity index (χ3v) is 2.58. The number of nitrogens with zero attached hydrogens (tertiary/aromatic N) is 1. The van der Waals surface area contributed by atoms with Gasteiger partial charge in [-0.2, -0.15) is 0 Å². The van der Waals surface area contributed by atoms with Crippen molar-refractivity contribution in [1.29, 1.82) is 0 Å². The van der Waals surface area contributed by atoms with Gasteiger partial charge in [-0.3, -0.25) is 4.98 Å². The first-order valence-electron chi connectivity index (χ1n) is 4.72. The molecule has 0 amide bonds. The number of rotatable bonds is 0. The molecule has 0 atom stereocenters. The lowest BCUT2D eigenvalue weighted by Crippen LogP contribution is -2.09. The molecule has 0 spiro atoms. The number of hydrogen-bond acceptors (Lipinski definition) is 1. The average molecular weight is 173 g/mol. The standard InChI is InChI=1S/C12H15N/c1-12(2,3)10-7-9-5-4-6-13-11(9)8-10/h4-7H,8H2,1-3H3. The van der Waals surface area contributed by atoms with Gasteiger partial charge >= 0.3 is 0 Å². The van der Waals surface area contributed by atoms with E-state index in [1.54, 1.807) is 0 Å². The Bertz CT molecular complexity index is 356. The molecule has 0 fully saturated rings. The van der Waals surface area contributed by atoms with Gasteiger partial charge in [0.05, 0.1) is 5.69 Å². The summed E-state index contributed by atoms with van der Waals surface area (Å²) in [6.45, 7) is 6.76. The molecule has 2 rings (SSSR count). The first-order chi connectivity index (χ1) is 6.07. The topological polar surface area (TPSA) is 12.9 Å². The molecule has 0 aliphatic heterocycles. The highest BCUT2D eigenvalue weighted by atomic mass is 14.7. The van der Waals surface area contributed by atoms with Crippen LogP contribution in [0.25, 0.3) is 6.08 Å². The number of fused-ring (bicyclic) bond motifs is 1. The summed E-state index contributed by atoms with van der Waals surface area (Å²) in [6, 6.07) is 4.14. The molecule has 0 radical (unpaired) electrons. The van der Waals surface area contributed by atoms with Gasteiger partial charge in [0.2, 0.25) is 0 Å². The van der Waals surface area contributed by atoms with Crippen molar-refractivity contribution in [2.75, 3.05) is 0 Å². The average Bonchev–Trinajstić information content (AvgIpc) is 2.45. The summed E-state index contributed by atoms with van der Waals surface area (Å²) in [6.07, 6.45) is 5.18. The lowest BCUT2D eigenvalue weighted by molar-refractivity contribution is 0.497. The second kappa shape index (κ2) is 2.69. The molecule has 0 bridgehead atoms. The van der Waals surface area contributed by atoms with E-state index in [0.29, 0.717) is 0 Å². The Morgan fingerprint density at radius 2 is 2.08 bits per heavy atom. The van der Waals surface area contributed by atoms with E-state index in [0.717, 1.165) is 6.42 Å². The molecule has 13 heavy (non-hydrogen) atoms. The van der Waals surface area contributed by atoms with E-state index in [2.05, 4.69) is 37.9 Å². The maximum absolute atomic E-state index is 4.37. The molecule has 1 aliphatic carbocycles. The highest BCUT2D eigenvalue weighted by Gasteiger charge is 2.23. The Hall–Kier alpha value is -1.11. The summed E-state index contributed by atoms with van der Waals surface area (Å²) in [5.41, 5.74) is 4.29. The molecule has 0 N–H and O–H groups in total. The summed E-state index contributed by atoms with van der Waals surface area (Å²) in [5.74, 6) is 0. The van der Waals surface area contributed by atoms with E-state index < -0.39 is 0 Å². The van der Waals surface area contributed by atoms with Crippen molar-refractivity contribution in [2.24, 2.45) is 5.41 Å². The summed E-state index contributed by atoms with van der Waals surface area (Å²) in [5, 5.41) is 0. The minimum atomic E-state index is 0.278. The second-order valence-electron chi connectivity index (χ2n) is 4.64. The van der Waals surface area contributed by atoms with Crippen LogP contribution in [0.5, 0.6) is 0 Å². The van der Waals surface area contributed by atoms with Crippen molar-refractivity contribution < 1.29 is 0 Å². The Labute approximate surface area is 79.5 Å². The van der Waals surface area contributed by atoms with Gasteiger partial charge in [-0.15, -0.1) is 0 Å². The van der Waals surface area contributed by atoms with Gasteiger partial charge in [-0.05, 0) is 17.0 Å². The van der Waals surface area contributed by atoms with Gasteiger partial charge in [0.1, 0.15) is 0 Å². The second-order valence-corrected chi connectivity index (χ2v) is 4.64. The van der Waals surface area contributed by atoms with E-state index in [-0.39, 0.29) is 5.41 Å². The number of aromatic nitrogens is 1. The van der Waals surface area contributed by atoms with Crippen LogP contribution in [0.15, 0.2) is 23.9 Å². The minimum absolute atomic E-state index is 0.278. The van der Waals surface area contributed by atoms with Crippen LogP contribution in [0.3, 0.4) is 0 Å². The van der Waals surface area contributed by atoms with Crippen molar-refractivity contribution in [3.8, 4) is 0 Å². The Morgan fingerprint density at radius 3 is 2.69 bits per heavy atom. The van der Waals surface area contributed by atoms with Gasteiger partial charge < -0.3 is 0 Å².